The van der Waals surface area contributed by atoms with Gasteiger partial charge in [0, 0.05) is 0 Å². The average molecular weight is 167 g/mol. The molecule has 0 aliphatic heterocycles. The van der Waals surface area contributed by atoms with Crippen LogP contribution < -0.4 is 0 Å². The predicted molar refractivity (Wildman–Crippen MR) is 37.9 cm³/mol. The number of hydrogen-bond acceptors (Lipinski definition) is 3. The summed E-state index contributed by atoms with van der Waals surface area (Å²) in [6.45, 7) is 3.68. The van der Waals surface area contributed by atoms with E-state index in [2.05, 4.69) is 4.74 Å². The Morgan fingerprint density at radius 3 is 2.70 bits per heavy atom. The van der Waals surface area contributed by atoms with Gasteiger partial charge in [0.15, 0.2) is 0 Å². The number of carbonyl (C=O) groups is 1. The molecular weight excluding hydrogens is 156 g/mol. The van der Waals surface area contributed by atoms with Crippen LogP contribution in [-0.4, -0.2) is 24.7 Å². The minimum Gasteiger partial charge on any atom is -0.464 e. The molecule has 1 atom stereocenters. The highest BCUT2D eigenvalue weighted by atomic mass is 35.5. The fourth-order valence-electron chi connectivity index (χ4n) is 0.386. The summed E-state index contributed by atoms with van der Waals surface area (Å²) < 4.78 is 9.32. The van der Waals surface area contributed by atoms with E-state index < -0.39 is 5.56 Å². The normalized spacial score (nSPS) is 12.7. The Hall–Kier alpha value is -0.280. The van der Waals surface area contributed by atoms with Crippen molar-refractivity contribution in [1.82, 2.24) is 0 Å². The summed E-state index contributed by atoms with van der Waals surface area (Å²) in [5, 5.41) is 0. The van der Waals surface area contributed by atoms with E-state index in [1.165, 1.54) is 0 Å². The zero-order chi connectivity index (χ0) is 7.98. The van der Waals surface area contributed by atoms with Gasteiger partial charge in [-0.05, 0) is 13.8 Å². The molecule has 0 N–H and O–H groups in total. The van der Waals surface area contributed by atoms with Crippen LogP contribution >= 0.6 is 11.6 Å². The second kappa shape index (κ2) is 5.50. The smallest absolute Gasteiger partial charge is 0.332 e. The van der Waals surface area contributed by atoms with E-state index in [9.17, 15) is 4.79 Å². The lowest BCUT2D eigenvalue weighted by Gasteiger charge is -2.04. The Bertz CT molecular complexity index is 103. The van der Waals surface area contributed by atoms with E-state index in [-0.39, 0.29) is 12.6 Å². The number of hydrogen-bond donors (Lipinski definition) is 0. The molecule has 0 bridgehead atoms. The summed E-state index contributed by atoms with van der Waals surface area (Å²) in [6.07, 6.45) is 0. The maximum absolute atomic E-state index is 10.5. The van der Waals surface area contributed by atoms with Crippen molar-refractivity contribution in [2.24, 2.45) is 0 Å². The number of esters is 1. The molecular formula is C6H11ClO3. The first-order valence-electron chi connectivity index (χ1n) is 3.08. The van der Waals surface area contributed by atoms with Crippen molar-refractivity contribution in [3.8, 4) is 0 Å². The molecule has 0 aliphatic rings. The maximum atomic E-state index is 10.5. The van der Waals surface area contributed by atoms with Crippen molar-refractivity contribution in [2.45, 2.75) is 19.4 Å². The summed E-state index contributed by atoms with van der Waals surface area (Å²) in [5.74, 6) is -0.380. The monoisotopic (exact) mass is 166 g/mol. The van der Waals surface area contributed by atoms with Gasteiger partial charge in [-0.2, -0.15) is 0 Å². The minimum absolute atomic E-state index is 0.0709. The van der Waals surface area contributed by atoms with Crippen molar-refractivity contribution in [2.75, 3.05) is 13.2 Å². The minimum atomic E-state index is -0.440. The predicted octanol–water partition coefficient (Wildman–Crippen LogP) is 1.15. The van der Waals surface area contributed by atoms with Crippen LogP contribution in [0.5, 0.6) is 0 Å². The van der Waals surface area contributed by atoms with Crippen LogP contribution in [0.1, 0.15) is 13.8 Å². The highest BCUT2D eigenvalue weighted by Gasteiger charge is 2.02. The van der Waals surface area contributed by atoms with Crippen molar-refractivity contribution >= 4 is 17.6 Å². The maximum Gasteiger partial charge on any atom is 0.332 e. The molecule has 1 unspecified atom stereocenters. The average Bonchev–Trinajstić information content (AvgIpc) is 1.85. The molecule has 0 saturated carbocycles. The van der Waals surface area contributed by atoms with Crippen molar-refractivity contribution < 1.29 is 14.3 Å². The quantitative estimate of drug-likeness (QED) is 0.464. The fourth-order valence-corrected chi connectivity index (χ4v) is 0.449. The standard InChI is InChI=1S/C6H11ClO3/c1-3-9-6(8)4-10-5(2)7/h5H,3-4H2,1-2H3. The highest BCUT2D eigenvalue weighted by Crippen LogP contribution is 1.95. The highest BCUT2D eigenvalue weighted by molar-refractivity contribution is 6.19. The molecule has 0 aromatic carbocycles. The third kappa shape index (κ3) is 5.85. The molecule has 0 spiro atoms. The molecule has 0 fully saturated rings. The van der Waals surface area contributed by atoms with Gasteiger partial charge >= 0.3 is 5.97 Å². The number of carbonyl (C=O) groups excluding carboxylic acids is 1. The summed E-state index contributed by atoms with van der Waals surface area (Å²) in [6, 6.07) is 0. The third-order valence-electron chi connectivity index (χ3n) is 0.736. The zero-order valence-electron chi connectivity index (χ0n) is 6.09. The Morgan fingerprint density at radius 1 is 1.70 bits per heavy atom. The SMILES string of the molecule is CCOC(=O)COC(C)Cl. The second-order valence-corrected chi connectivity index (χ2v) is 2.27. The lowest BCUT2D eigenvalue weighted by Crippen LogP contribution is -2.14. The van der Waals surface area contributed by atoms with Gasteiger partial charge < -0.3 is 9.47 Å². The summed E-state index contributed by atoms with van der Waals surface area (Å²) in [7, 11) is 0. The second-order valence-electron chi connectivity index (χ2n) is 1.66. The van der Waals surface area contributed by atoms with E-state index in [0.717, 1.165) is 0 Å². The molecule has 0 amide bonds. The van der Waals surface area contributed by atoms with Crippen molar-refractivity contribution in [3.05, 3.63) is 0 Å². The van der Waals surface area contributed by atoms with E-state index in [4.69, 9.17) is 16.3 Å². The molecule has 0 radical (unpaired) electrons. The number of rotatable bonds is 4. The first-order chi connectivity index (χ1) is 4.66. The molecule has 0 rings (SSSR count). The van der Waals surface area contributed by atoms with Crippen molar-refractivity contribution in [1.29, 1.82) is 0 Å². The van der Waals surface area contributed by atoms with Crippen LogP contribution in [0.3, 0.4) is 0 Å². The molecule has 0 aromatic heterocycles. The van der Waals surface area contributed by atoms with E-state index in [1.54, 1.807) is 13.8 Å². The van der Waals surface area contributed by atoms with Crippen LogP contribution in [0.15, 0.2) is 0 Å². The first kappa shape index (κ1) is 9.72. The number of alkyl halides is 1. The van der Waals surface area contributed by atoms with E-state index in [1.807, 2.05) is 0 Å². The summed E-state index contributed by atoms with van der Waals surface area (Å²) in [5.41, 5.74) is -0.440. The van der Waals surface area contributed by atoms with Gasteiger partial charge in [-0.3, -0.25) is 0 Å². The molecule has 0 saturated heterocycles. The topological polar surface area (TPSA) is 35.5 Å². The van der Waals surface area contributed by atoms with Crippen LogP contribution in [0.4, 0.5) is 0 Å². The largest absolute Gasteiger partial charge is 0.464 e. The van der Waals surface area contributed by atoms with Crippen LogP contribution in [-0.2, 0) is 14.3 Å². The van der Waals surface area contributed by atoms with E-state index in [0.29, 0.717) is 6.61 Å². The fraction of sp³-hybridized carbons (Fsp3) is 0.833. The molecule has 60 valence electrons. The lowest BCUT2D eigenvalue weighted by atomic mass is 10.7. The van der Waals surface area contributed by atoms with Gasteiger partial charge in [-0.1, -0.05) is 11.6 Å². The molecule has 10 heavy (non-hydrogen) atoms. The van der Waals surface area contributed by atoms with Gasteiger partial charge in [-0.25, -0.2) is 4.79 Å². The molecule has 0 heterocycles. The van der Waals surface area contributed by atoms with Crippen LogP contribution in [0.25, 0.3) is 0 Å². The van der Waals surface area contributed by atoms with E-state index >= 15 is 0 Å². The summed E-state index contributed by atoms with van der Waals surface area (Å²) in [4.78, 5) is 10.5. The Labute approximate surface area is 65.3 Å². The van der Waals surface area contributed by atoms with Crippen molar-refractivity contribution in [3.63, 3.8) is 0 Å². The third-order valence-corrected chi connectivity index (χ3v) is 0.862. The number of halogens is 1. The van der Waals surface area contributed by atoms with Gasteiger partial charge in [0.1, 0.15) is 12.2 Å². The molecule has 0 aliphatic carbocycles. The van der Waals surface area contributed by atoms with Crippen LogP contribution in [0.2, 0.25) is 0 Å². The van der Waals surface area contributed by atoms with Gasteiger partial charge in [-0.15, -0.1) is 0 Å². The van der Waals surface area contributed by atoms with Gasteiger partial charge in [0.05, 0.1) is 6.61 Å². The summed E-state index contributed by atoms with van der Waals surface area (Å²) >= 11 is 5.39. The zero-order valence-corrected chi connectivity index (χ0v) is 6.85. The van der Waals surface area contributed by atoms with Gasteiger partial charge in [0.25, 0.3) is 0 Å². The Kier molecular flexibility index (Phi) is 5.35. The molecule has 4 heteroatoms. The number of ether oxygens (including phenoxy) is 2. The molecule has 0 aromatic rings. The van der Waals surface area contributed by atoms with Gasteiger partial charge in [0.2, 0.25) is 0 Å². The van der Waals surface area contributed by atoms with Crippen LogP contribution in [0, 0.1) is 0 Å². The lowest BCUT2D eigenvalue weighted by molar-refractivity contribution is -0.148. The first-order valence-corrected chi connectivity index (χ1v) is 3.51. The molecule has 3 nitrogen and oxygen atoms in total. The Morgan fingerprint density at radius 2 is 2.30 bits per heavy atom. The Balaban J connectivity index is 3.22.